The van der Waals surface area contributed by atoms with E-state index in [-0.39, 0.29) is 23.3 Å². The fourth-order valence-electron chi connectivity index (χ4n) is 4.01. The maximum atomic E-state index is 14.8. The molecule has 208 valence electrons. The number of aryl methyl sites for hydroxylation is 1. The summed E-state index contributed by atoms with van der Waals surface area (Å²) >= 11 is 3.66. The SMILES string of the molecule is CCn1ncc(Cn2ccnc2-c2ccc(F)cc2C(COc2cccnc2N)O[Si](C)(C)C(C)(C)C)c1Br. The molecular weight excluding hydrogens is 579 g/mol. The van der Waals surface area contributed by atoms with Crippen LogP contribution >= 0.6 is 15.9 Å². The highest BCUT2D eigenvalue weighted by Crippen LogP contribution is 2.41. The first kappa shape index (κ1) is 29.0. The quantitative estimate of drug-likeness (QED) is 0.197. The summed E-state index contributed by atoms with van der Waals surface area (Å²) in [7, 11) is -2.30. The Labute approximate surface area is 238 Å². The molecule has 3 aromatic heterocycles. The number of nitrogens with zero attached hydrogens (tertiary/aromatic N) is 5. The van der Waals surface area contributed by atoms with Crippen LogP contribution in [0.2, 0.25) is 18.1 Å². The number of benzene rings is 1. The molecule has 0 aliphatic heterocycles. The molecule has 3 heterocycles. The molecule has 4 rings (SSSR count). The van der Waals surface area contributed by atoms with Gasteiger partial charge in [-0.05, 0) is 76.9 Å². The number of anilines is 1. The van der Waals surface area contributed by atoms with Crippen LogP contribution in [0.4, 0.5) is 10.2 Å². The summed E-state index contributed by atoms with van der Waals surface area (Å²) in [5.74, 6) is 1.09. The molecule has 1 atom stereocenters. The van der Waals surface area contributed by atoms with Crippen molar-refractivity contribution < 1.29 is 13.6 Å². The first-order chi connectivity index (χ1) is 18.4. The highest BCUT2D eigenvalue weighted by molar-refractivity contribution is 9.10. The van der Waals surface area contributed by atoms with Crippen molar-refractivity contribution in [2.75, 3.05) is 12.3 Å². The van der Waals surface area contributed by atoms with E-state index < -0.39 is 14.4 Å². The van der Waals surface area contributed by atoms with Crippen molar-refractivity contribution in [3.05, 3.63) is 76.7 Å². The third kappa shape index (κ3) is 6.42. The first-order valence-electron chi connectivity index (χ1n) is 12.9. The molecule has 0 saturated carbocycles. The third-order valence-electron chi connectivity index (χ3n) is 7.23. The van der Waals surface area contributed by atoms with Gasteiger partial charge in [0.1, 0.15) is 29.0 Å². The summed E-state index contributed by atoms with van der Waals surface area (Å²) in [5.41, 5.74) is 8.49. The lowest BCUT2D eigenvalue weighted by Gasteiger charge is -2.39. The molecule has 0 spiro atoms. The lowest BCUT2D eigenvalue weighted by molar-refractivity contribution is 0.116. The molecule has 0 bridgehead atoms. The summed E-state index contributed by atoms with van der Waals surface area (Å²) in [6.07, 6.45) is 6.54. The molecule has 1 unspecified atom stereocenters. The van der Waals surface area contributed by atoms with Crippen molar-refractivity contribution in [3.63, 3.8) is 0 Å². The molecule has 8 nitrogen and oxygen atoms in total. The molecule has 0 aliphatic carbocycles. The van der Waals surface area contributed by atoms with Crippen molar-refractivity contribution in [1.29, 1.82) is 0 Å². The minimum Gasteiger partial charge on any atom is -0.487 e. The Morgan fingerprint density at radius 2 is 1.92 bits per heavy atom. The first-order valence-corrected chi connectivity index (χ1v) is 16.6. The van der Waals surface area contributed by atoms with E-state index in [0.717, 1.165) is 22.3 Å². The topological polar surface area (TPSA) is 93.0 Å². The molecule has 0 amide bonds. The van der Waals surface area contributed by atoms with Gasteiger partial charge in [0.05, 0.1) is 12.7 Å². The van der Waals surface area contributed by atoms with Gasteiger partial charge in [0, 0.05) is 36.3 Å². The van der Waals surface area contributed by atoms with Crippen LogP contribution in [0.3, 0.4) is 0 Å². The van der Waals surface area contributed by atoms with Crippen LogP contribution < -0.4 is 10.5 Å². The van der Waals surface area contributed by atoms with Crippen LogP contribution in [0.1, 0.15) is 44.9 Å². The molecule has 11 heteroatoms. The summed E-state index contributed by atoms with van der Waals surface area (Å²) in [4.78, 5) is 8.79. The molecular formula is C28H36BrFN6O2Si. The lowest BCUT2D eigenvalue weighted by atomic mass is 10.0. The second-order valence-corrected chi connectivity index (χ2v) is 16.5. The smallest absolute Gasteiger partial charge is 0.193 e. The van der Waals surface area contributed by atoms with Gasteiger partial charge in [-0.1, -0.05) is 20.8 Å². The van der Waals surface area contributed by atoms with E-state index in [2.05, 4.69) is 64.9 Å². The Kier molecular flexibility index (Phi) is 8.62. The average Bonchev–Trinajstić information content (AvgIpc) is 3.48. The second-order valence-electron chi connectivity index (χ2n) is 11.0. The Morgan fingerprint density at radius 3 is 2.59 bits per heavy atom. The van der Waals surface area contributed by atoms with E-state index in [1.165, 1.54) is 12.1 Å². The van der Waals surface area contributed by atoms with Crippen LogP contribution in [-0.4, -0.2) is 39.2 Å². The fraction of sp³-hybridized carbons (Fsp3) is 0.393. The number of nitrogens with two attached hydrogens (primary N) is 1. The largest absolute Gasteiger partial charge is 0.487 e. The third-order valence-corrected chi connectivity index (χ3v) is 12.6. The van der Waals surface area contributed by atoms with E-state index in [9.17, 15) is 4.39 Å². The summed E-state index contributed by atoms with van der Waals surface area (Å²) in [6, 6.07) is 8.26. The molecule has 0 fully saturated rings. The summed E-state index contributed by atoms with van der Waals surface area (Å²) in [6.45, 7) is 14.3. The van der Waals surface area contributed by atoms with Gasteiger partial charge in [-0.15, -0.1) is 0 Å². The van der Waals surface area contributed by atoms with Gasteiger partial charge in [0.15, 0.2) is 19.9 Å². The summed E-state index contributed by atoms with van der Waals surface area (Å²) in [5, 5.41) is 4.36. The van der Waals surface area contributed by atoms with Crippen molar-refractivity contribution >= 4 is 30.1 Å². The number of halogens is 2. The van der Waals surface area contributed by atoms with Gasteiger partial charge < -0.3 is 19.5 Å². The van der Waals surface area contributed by atoms with Gasteiger partial charge in [-0.25, -0.2) is 14.4 Å². The van der Waals surface area contributed by atoms with Crippen LogP contribution in [-0.2, 0) is 17.5 Å². The van der Waals surface area contributed by atoms with Crippen molar-refractivity contribution in [1.82, 2.24) is 24.3 Å². The number of pyridine rings is 1. The predicted octanol–water partition coefficient (Wildman–Crippen LogP) is 6.84. The maximum absolute atomic E-state index is 14.8. The van der Waals surface area contributed by atoms with Crippen LogP contribution in [0, 0.1) is 5.82 Å². The number of hydrogen-bond donors (Lipinski definition) is 1. The Morgan fingerprint density at radius 1 is 1.15 bits per heavy atom. The molecule has 0 aliphatic rings. The van der Waals surface area contributed by atoms with Crippen LogP contribution in [0.25, 0.3) is 11.4 Å². The highest BCUT2D eigenvalue weighted by atomic mass is 79.9. The van der Waals surface area contributed by atoms with Gasteiger partial charge in [0.2, 0.25) is 0 Å². The molecule has 4 aromatic rings. The van der Waals surface area contributed by atoms with Crippen molar-refractivity contribution in [2.45, 2.75) is 65.0 Å². The number of aromatic nitrogens is 5. The minimum atomic E-state index is -2.30. The van der Waals surface area contributed by atoms with Gasteiger partial charge in [-0.3, -0.25) is 4.68 Å². The predicted molar refractivity (Wildman–Crippen MR) is 157 cm³/mol. The zero-order valence-corrected chi connectivity index (χ0v) is 25.9. The molecule has 2 N–H and O–H groups in total. The molecule has 0 radical (unpaired) electrons. The van der Waals surface area contributed by atoms with Gasteiger partial charge in [0.25, 0.3) is 0 Å². The Balaban J connectivity index is 1.76. The normalized spacial score (nSPS) is 13.0. The Hall–Kier alpha value is -3.02. The number of imidazole rings is 1. The van der Waals surface area contributed by atoms with Crippen LogP contribution in [0.15, 0.2) is 59.7 Å². The number of rotatable bonds is 10. The minimum absolute atomic E-state index is 0.0732. The van der Waals surface area contributed by atoms with E-state index in [4.69, 9.17) is 14.9 Å². The highest BCUT2D eigenvalue weighted by Gasteiger charge is 2.40. The lowest BCUT2D eigenvalue weighted by Crippen LogP contribution is -2.43. The zero-order valence-electron chi connectivity index (χ0n) is 23.3. The van der Waals surface area contributed by atoms with E-state index in [1.54, 1.807) is 30.6 Å². The van der Waals surface area contributed by atoms with Crippen LogP contribution in [0.5, 0.6) is 5.75 Å². The molecule has 1 aromatic carbocycles. The number of ether oxygens (including phenoxy) is 1. The van der Waals surface area contributed by atoms with Crippen molar-refractivity contribution in [2.24, 2.45) is 0 Å². The number of nitrogen functional groups attached to an aromatic ring is 1. The monoisotopic (exact) mass is 614 g/mol. The van der Waals surface area contributed by atoms with Gasteiger partial charge >= 0.3 is 0 Å². The van der Waals surface area contributed by atoms with E-state index >= 15 is 0 Å². The molecule has 39 heavy (non-hydrogen) atoms. The van der Waals surface area contributed by atoms with Gasteiger partial charge in [-0.2, -0.15) is 5.10 Å². The maximum Gasteiger partial charge on any atom is 0.193 e. The van der Waals surface area contributed by atoms with Crippen molar-refractivity contribution in [3.8, 4) is 17.1 Å². The average molecular weight is 616 g/mol. The standard InChI is InChI=1S/C28H36BrFN6O2Si/c1-7-36-25(29)19(16-34-36)17-35-14-13-33-27(35)21-11-10-20(30)15-22(21)24(38-39(5,6)28(2,3)4)18-37-23-9-8-12-32-26(23)31/h8-16,24H,7,17-18H2,1-6H3,(H2,31,32). The zero-order chi connectivity index (χ0) is 28.4. The number of hydrogen-bond acceptors (Lipinski definition) is 6. The fourth-order valence-corrected chi connectivity index (χ4v) is 5.84. The Bertz CT molecular complexity index is 1430. The van der Waals surface area contributed by atoms with E-state index in [1.807, 2.05) is 28.6 Å². The molecule has 0 saturated heterocycles. The second kappa shape index (κ2) is 11.6. The summed E-state index contributed by atoms with van der Waals surface area (Å²) < 4.78 is 32.7. The van der Waals surface area contributed by atoms with E-state index in [0.29, 0.717) is 23.7 Å².